The second kappa shape index (κ2) is 6.93. The third-order valence-electron chi connectivity index (χ3n) is 3.40. The summed E-state index contributed by atoms with van der Waals surface area (Å²) in [7, 11) is 0. The van der Waals surface area contributed by atoms with E-state index in [4.69, 9.17) is 5.26 Å². The molecule has 0 aromatic heterocycles. The minimum Gasteiger partial charge on any atom is -0.508 e. The standard InChI is InChI=1S/C18H16F2N2O/c1-3-4-12-7-14(19)9-16(20)18(12)11(2)22-17-6-5-15(23)8-13(17)10-21/h3-9,11,22-23H,1-2H3/b4-3+. The van der Waals surface area contributed by atoms with E-state index in [9.17, 15) is 13.9 Å². The lowest BCUT2D eigenvalue weighted by Crippen LogP contribution is -2.12. The highest BCUT2D eigenvalue weighted by Gasteiger charge is 2.17. The molecule has 0 spiro atoms. The van der Waals surface area contributed by atoms with Crippen LogP contribution in [-0.2, 0) is 0 Å². The van der Waals surface area contributed by atoms with Crippen LogP contribution in [0.25, 0.3) is 6.08 Å². The Labute approximate surface area is 133 Å². The van der Waals surface area contributed by atoms with Crippen LogP contribution in [0.15, 0.2) is 36.4 Å². The van der Waals surface area contributed by atoms with E-state index in [0.717, 1.165) is 6.07 Å². The first-order valence-electron chi connectivity index (χ1n) is 7.07. The molecule has 0 aliphatic carbocycles. The molecule has 23 heavy (non-hydrogen) atoms. The second-order valence-corrected chi connectivity index (χ2v) is 5.10. The van der Waals surface area contributed by atoms with Gasteiger partial charge in [0.2, 0.25) is 0 Å². The molecule has 1 unspecified atom stereocenters. The zero-order valence-corrected chi connectivity index (χ0v) is 12.8. The predicted molar refractivity (Wildman–Crippen MR) is 85.9 cm³/mol. The molecule has 5 heteroatoms. The molecule has 2 N–H and O–H groups in total. The molecule has 0 saturated carbocycles. The summed E-state index contributed by atoms with van der Waals surface area (Å²) in [5, 5.41) is 21.6. The van der Waals surface area contributed by atoms with Crippen molar-refractivity contribution in [3.63, 3.8) is 0 Å². The molecule has 0 aliphatic rings. The summed E-state index contributed by atoms with van der Waals surface area (Å²) < 4.78 is 27.6. The maximum absolute atomic E-state index is 14.2. The third-order valence-corrected chi connectivity index (χ3v) is 3.40. The largest absolute Gasteiger partial charge is 0.508 e. The first kappa shape index (κ1) is 16.5. The molecule has 1 atom stereocenters. The van der Waals surface area contributed by atoms with Gasteiger partial charge in [-0.2, -0.15) is 5.26 Å². The van der Waals surface area contributed by atoms with Crippen molar-refractivity contribution in [2.75, 3.05) is 5.32 Å². The fraction of sp³-hybridized carbons (Fsp3) is 0.167. The van der Waals surface area contributed by atoms with E-state index >= 15 is 0 Å². The van der Waals surface area contributed by atoms with Gasteiger partial charge < -0.3 is 10.4 Å². The van der Waals surface area contributed by atoms with Gasteiger partial charge in [-0.25, -0.2) is 8.78 Å². The molecule has 0 heterocycles. The van der Waals surface area contributed by atoms with Crippen molar-refractivity contribution in [2.45, 2.75) is 19.9 Å². The van der Waals surface area contributed by atoms with E-state index in [1.165, 1.54) is 18.2 Å². The van der Waals surface area contributed by atoms with Gasteiger partial charge in [-0.15, -0.1) is 0 Å². The normalized spacial score (nSPS) is 12.1. The van der Waals surface area contributed by atoms with Crippen LogP contribution in [0.3, 0.4) is 0 Å². The highest BCUT2D eigenvalue weighted by Crippen LogP contribution is 2.29. The summed E-state index contributed by atoms with van der Waals surface area (Å²) in [4.78, 5) is 0. The highest BCUT2D eigenvalue weighted by atomic mass is 19.1. The van der Waals surface area contributed by atoms with Gasteiger partial charge in [-0.3, -0.25) is 0 Å². The minimum absolute atomic E-state index is 0.0256. The molecular weight excluding hydrogens is 298 g/mol. The average molecular weight is 314 g/mol. The molecule has 2 aromatic carbocycles. The van der Waals surface area contributed by atoms with Crippen molar-refractivity contribution in [1.29, 1.82) is 5.26 Å². The van der Waals surface area contributed by atoms with Crippen molar-refractivity contribution in [3.8, 4) is 11.8 Å². The van der Waals surface area contributed by atoms with Crippen LogP contribution < -0.4 is 5.32 Å². The van der Waals surface area contributed by atoms with Crippen molar-refractivity contribution >= 4 is 11.8 Å². The lowest BCUT2D eigenvalue weighted by atomic mass is 9.99. The first-order chi connectivity index (χ1) is 11.0. The zero-order valence-electron chi connectivity index (χ0n) is 12.8. The maximum atomic E-state index is 14.2. The van der Waals surface area contributed by atoms with Crippen molar-refractivity contribution < 1.29 is 13.9 Å². The fourth-order valence-corrected chi connectivity index (χ4v) is 2.43. The molecule has 3 nitrogen and oxygen atoms in total. The fourth-order valence-electron chi connectivity index (χ4n) is 2.43. The van der Waals surface area contributed by atoms with Crippen LogP contribution in [0.4, 0.5) is 14.5 Å². The number of allylic oxidation sites excluding steroid dienone is 1. The van der Waals surface area contributed by atoms with Gasteiger partial charge >= 0.3 is 0 Å². The molecule has 0 fully saturated rings. The molecule has 2 rings (SSSR count). The van der Waals surface area contributed by atoms with Crippen LogP contribution in [0, 0.1) is 23.0 Å². The smallest absolute Gasteiger partial charge is 0.131 e. The number of aromatic hydroxyl groups is 1. The lowest BCUT2D eigenvalue weighted by Gasteiger charge is -2.20. The molecule has 118 valence electrons. The molecule has 0 aliphatic heterocycles. The Kier molecular flexibility index (Phi) is 4.97. The van der Waals surface area contributed by atoms with Crippen LogP contribution in [0.5, 0.6) is 5.75 Å². The van der Waals surface area contributed by atoms with Crippen molar-refractivity contribution in [3.05, 3.63) is 64.7 Å². The Hall–Kier alpha value is -2.87. The first-order valence-corrected chi connectivity index (χ1v) is 7.07. The molecule has 0 bridgehead atoms. The quantitative estimate of drug-likeness (QED) is 0.801. The van der Waals surface area contributed by atoms with E-state index in [2.05, 4.69) is 5.32 Å². The van der Waals surface area contributed by atoms with E-state index in [1.54, 1.807) is 32.1 Å². The Morgan fingerprint density at radius 1 is 1.26 bits per heavy atom. The van der Waals surface area contributed by atoms with Crippen LogP contribution >= 0.6 is 0 Å². The number of rotatable bonds is 4. The second-order valence-electron chi connectivity index (χ2n) is 5.10. The summed E-state index contributed by atoms with van der Waals surface area (Å²) in [6.07, 6.45) is 3.33. The van der Waals surface area contributed by atoms with Crippen LogP contribution in [-0.4, -0.2) is 5.11 Å². The molecule has 0 amide bonds. The minimum atomic E-state index is -0.657. The van der Waals surface area contributed by atoms with Crippen molar-refractivity contribution in [2.24, 2.45) is 0 Å². The number of anilines is 1. The number of halogens is 2. The number of phenols is 1. The SMILES string of the molecule is C/C=C/c1cc(F)cc(F)c1C(C)Nc1ccc(O)cc1C#N. The van der Waals surface area contributed by atoms with Gasteiger partial charge in [0, 0.05) is 11.6 Å². The van der Waals surface area contributed by atoms with Gasteiger partial charge in [-0.1, -0.05) is 12.2 Å². The number of nitrogens with zero attached hydrogens (tertiary/aromatic N) is 1. The lowest BCUT2D eigenvalue weighted by molar-refractivity contribution is 0.475. The monoisotopic (exact) mass is 314 g/mol. The highest BCUT2D eigenvalue weighted by molar-refractivity contribution is 5.62. The van der Waals surface area contributed by atoms with Gasteiger partial charge in [0.05, 0.1) is 17.3 Å². The molecular formula is C18H16F2N2O. The molecule has 2 aromatic rings. The summed E-state index contributed by atoms with van der Waals surface area (Å²) in [5.41, 5.74) is 1.45. The number of phenolic OH excluding ortho intramolecular Hbond substituents is 1. The summed E-state index contributed by atoms with van der Waals surface area (Å²) >= 11 is 0. The number of hydrogen-bond acceptors (Lipinski definition) is 3. The van der Waals surface area contributed by atoms with Crippen LogP contribution in [0.1, 0.15) is 36.6 Å². The van der Waals surface area contributed by atoms with Gasteiger partial charge in [0.15, 0.2) is 0 Å². The van der Waals surface area contributed by atoms with Crippen molar-refractivity contribution in [1.82, 2.24) is 0 Å². The van der Waals surface area contributed by atoms with E-state index in [1.807, 2.05) is 6.07 Å². The van der Waals surface area contributed by atoms with Gasteiger partial charge in [-0.05, 0) is 43.7 Å². The third kappa shape index (κ3) is 3.67. The topological polar surface area (TPSA) is 56.0 Å². The summed E-state index contributed by atoms with van der Waals surface area (Å²) in [6, 6.07) is 7.86. The zero-order chi connectivity index (χ0) is 17.0. The number of benzene rings is 2. The van der Waals surface area contributed by atoms with Gasteiger partial charge in [0.1, 0.15) is 23.5 Å². The summed E-state index contributed by atoms with van der Waals surface area (Å²) in [6.45, 7) is 3.48. The molecule has 0 saturated heterocycles. The Bertz CT molecular complexity index is 794. The van der Waals surface area contributed by atoms with E-state index in [0.29, 0.717) is 16.8 Å². The maximum Gasteiger partial charge on any atom is 0.131 e. The molecule has 0 radical (unpaired) electrons. The summed E-state index contributed by atoms with van der Waals surface area (Å²) in [5.74, 6) is -1.33. The number of nitriles is 1. The number of hydrogen-bond donors (Lipinski definition) is 2. The van der Waals surface area contributed by atoms with Crippen LogP contribution in [0.2, 0.25) is 0 Å². The Morgan fingerprint density at radius 2 is 2.00 bits per heavy atom. The average Bonchev–Trinajstić information content (AvgIpc) is 2.48. The van der Waals surface area contributed by atoms with E-state index < -0.39 is 17.7 Å². The Balaban J connectivity index is 2.42. The Morgan fingerprint density at radius 3 is 2.65 bits per heavy atom. The predicted octanol–water partition coefficient (Wildman–Crippen LogP) is 4.75. The van der Waals surface area contributed by atoms with Gasteiger partial charge in [0.25, 0.3) is 0 Å². The number of nitrogens with one attached hydrogen (secondary N) is 1. The van der Waals surface area contributed by atoms with E-state index in [-0.39, 0.29) is 11.3 Å².